The van der Waals surface area contributed by atoms with Crippen molar-refractivity contribution in [1.29, 1.82) is 0 Å². The zero-order valence-corrected chi connectivity index (χ0v) is 28.4. The molecule has 1 fully saturated rings. The molecule has 0 unspecified atom stereocenters. The van der Waals surface area contributed by atoms with Gasteiger partial charge in [0.05, 0.1) is 13.2 Å². The summed E-state index contributed by atoms with van der Waals surface area (Å²) in [5.41, 5.74) is 0.871. The zero-order valence-electron chi connectivity index (χ0n) is 28.4. The number of aromatic nitrogens is 2. The molecule has 1 spiro atoms. The number of aliphatic hydroxyl groups is 2. The number of nitrogens with one attached hydrogen (secondary N) is 1. The molecule has 2 aromatic rings. The number of aryl methyl sites for hydroxylation is 1. The Bertz CT molecular complexity index is 1270. The Hall–Kier alpha value is -2.26. The quantitative estimate of drug-likeness (QED) is 0.124. The lowest BCUT2D eigenvalue weighted by atomic mass is 9.78. The summed E-state index contributed by atoms with van der Waals surface area (Å²) in [6.45, 7) is 2.45. The maximum atomic E-state index is 12.4. The van der Waals surface area contributed by atoms with Crippen molar-refractivity contribution in [2.24, 2.45) is 0 Å². The highest BCUT2D eigenvalue weighted by Gasteiger charge is 2.55. The van der Waals surface area contributed by atoms with Crippen LogP contribution in [-0.4, -0.2) is 44.2 Å². The van der Waals surface area contributed by atoms with Gasteiger partial charge in [-0.25, -0.2) is 4.79 Å². The largest absolute Gasteiger partial charge is 0.388 e. The summed E-state index contributed by atoms with van der Waals surface area (Å²) in [7, 11) is 0. The molecule has 3 N–H and O–H groups in total. The molecule has 0 radical (unpaired) electrons. The highest BCUT2D eigenvalue weighted by Crippen LogP contribution is 2.41. The molecule has 258 valence electrons. The number of benzene rings is 1. The van der Waals surface area contributed by atoms with Crippen LogP contribution in [0.4, 0.5) is 0 Å². The van der Waals surface area contributed by atoms with Gasteiger partial charge in [-0.15, -0.1) is 0 Å². The van der Waals surface area contributed by atoms with E-state index in [-0.39, 0.29) is 13.2 Å². The zero-order chi connectivity index (χ0) is 32.6. The number of ether oxygens (including phenoxy) is 2. The van der Waals surface area contributed by atoms with Gasteiger partial charge in [0.1, 0.15) is 17.8 Å². The molecule has 46 heavy (non-hydrogen) atoms. The van der Waals surface area contributed by atoms with Crippen LogP contribution in [0, 0.1) is 0 Å². The summed E-state index contributed by atoms with van der Waals surface area (Å²) in [6, 6.07) is 7.63. The first-order chi connectivity index (χ1) is 22.4. The number of unbranched alkanes of at least 4 members (excludes halogenated alkanes) is 18. The van der Waals surface area contributed by atoms with Gasteiger partial charge >= 0.3 is 5.69 Å². The minimum absolute atomic E-state index is 0.0971. The molecule has 3 heterocycles. The predicted molar refractivity (Wildman–Crippen MR) is 183 cm³/mol. The molecule has 0 amide bonds. The van der Waals surface area contributed by atoms with Gasteiger partial charge in [-0.3, -0.25) is 14.3 Å². The Morgan fingerprint density at radius 2 is 1.35 bits per heavy atom. The summed E-state index contributed by atoms with van der Waals surface area (Å²) in [5.74, 6) is 0. The predicted octanol–water partition coefficient (Wildman–Crippen LogP) is 7.27. The van der Waals surface area contributed by atoms with Crippen LogP contribution in [0.3, 0.4) is 0 Å². The van der Waals surface area contributed by atoms with Gasteiger partial charge in [-0.05, 0) is 29.5 Å². The number of aromatic amines is 1. The Balaban J connectivity index is 1.07. The lowest BCUT2D eigenvalue weighted by molar-refractivity contribution is -0.284. The third kappa shape index (κ3) is 10.6. The molecular formula is C38H60N2O6. The highest BCUT2D eigenvalue weighted by atomic mass is 16.6. The van der Waals surface area contributed by atoms with Crippen molar-refractivity contribution in [2.75, 3.05) is 6.61 Å². The van der Waals surface area contributed by atoms with E-state index >= 15 is 0 Å². The number of fused-ring (bicyclic) bond motifs is 1. The standard InChI is InChI=1S/C38H60N2O6/c1-2-3-4-5-6-7-8-9-10-11-12-13-14-15-16-17-18-19-20-21-30-22-23-31-27-38(46-28-32(31)26-30)33(41)29-45-36(35(38)43)40-25-24-34(42)39-37(40)44/h22-26,33,35-36,41,43H,2-21,27-29H2,1H3,(H,39,42,44)/t33-,35+,36-,38-/m1/s1. The summed E-state index contributed by atoms with van der Waals surface area (Å²) < 4.78 is 13.0. The molecule has 8 nitrogen and oxygen atoms in total. The molecular weight excluding hydrogens is 580 g/mol. The molecule has 1 aromatic carbocycles. The molecule has 8 heteroatoms. The van der Waals surface area contributed by atoms with Gasteiger partial charge in [0, 0.05) is 18.7 Å². The van der Waals surface area contributed by atoms with Crippen molar-refractivity contribution in [3.05, 3.63) is 68.0 Å². The van der Waals surface area contributed by atoms with Crippen LogP contribution >= 0.6 is 0 Å². The lowest BCUT2D eigenvalue weighted by Crippen LogP contribution is -2.65. The second-order valence-corrected chi connectivity index (χ2v) is 13.8. The van der Waals surface area contributed by atoms with Crippen LogP contribution in [0.2, 0.25) is 0 Å². The third-order valence-corrected chi connectivity index (χ3v) is 10.2. The summed E-state index contributed by atoms with van der Waals surface area (Å²) in [5, 5.41) is 22.2. The van der Waals surface area contributed by atoms with Crippen LogP contribution in [0.1, 0.15) is 152 Å². The minimum atomic E-state index is -1.31. The van der Waals surface area contributed by atoms with Gasteiger partial charge in [0.2, 0.25) is 0 Å². The Morgan fingerprint density at radius 3 is 1.91 bits per heavy atom. The van der Waals surface area contributed by atoms with E-state index in [2.05, 4.69) is 30.1 Å². The molecule has 2 aliphatic rings. The summed E-state index contributed by atoms with van der Waals surface area (Å²) in [6.07, 6.45) is 25.4. The van der Waals surface area contributed by atoms with E-state index in [1.807, 2.05) is 0 Å². The number of hydrogen-bond acceptors (Lipinski definition) is 6. The molecule has 4 rings (SSSR count). The first-order valence-electron chi connectivity index (χ1n) is 18.5. The van der Waals surface area contributed by atoms with Gasteiger partial charge in [-0.2, -0.15) is 0 Å². The van der Waals surface area contributed by atoms with Gasteiger partial charge < -0.3 is 19.7 Å². The van der Waals surface area contributed by atoms with Crippen LogP contribution in [0.5, 0.6) is 0 Å². The number of rotatable bonds is 21. The Labute approximate surface area is 275 Å². The van der Waals surface area contributed by atoms with E-state index < -0.39 is 35.3 Å². The van der Waals surface area contributed by atoms with Crippen molar-refractivity contribution in [2.45, 2.75) is 172 Å². The monoisotopic (exact) mass is 640 g/mol. The van der Waals surface area contributed by atoms with E-state index in [4.69, 9.17) is 9.47 Å². The normalized spacial score (nSPS) is 22.7. The second kappa shape index (κ2) is 19.5. The van der Waals surface area contributed by atoms with Gasteiger partial charge in [0.15, 0.2) is 6.23 Å². The average Bonchev–Trinajstić information content (AvgIpc) is 3.05. The first kappa shape index (κ1) is 36.6. The Morgan fingerprint density at radius 1 is 0.783 bits per heavy atom. The molecule has 0 saturated carbocycles. The molecule has 2 aliphatic heterocycles. The maximum absolute atomic E-state index is 12.4. The molecule has 1 saturated heterocycles. The van der Waals surface area contributed by atoms with Gasteiger partial charge in [0.25, 0.3) is 5.56 Å². The number of nitrogens with zero attached hydrogens (tertiary/aromatic N) is 1. The smallest absolute Gasteiger partial charge is 0.330 e. The van der Waals surface area contributed by atoms with Crippen molar-refractivity contribution >= 4 is 0 Å². The second-order valence-electron chi connectivity index (χ2n) is 13.8. The highest BCUT2D eigenvalue weighted by molar-refractivity contribution is 5.35. The van der Waals surface area contributed by atoms with E-state index in [1.165, 1.54) is 140 Å². The van der Waals surface area contributed by atoms with Crippen LogP contribution in [0.25, 0.3) is 0 Å². The topological polar surface area (TPSA) is 114 Å². The van der Waals surface area contributed by atoms with Crippen molar-refractivity contribution in [3.63, 3.8) is 0 Å². The van der Waals surface area contributed by atoms with Crippen molar-refractivity contribution in [1.82, 2.24) is 9.55 Å². The van der Waals surface area contributed by atoms with Crippen molar-refractivity contribution < 1.29 is 19.7 Å². The third-order valence-electron chi connectivity index (χ3n) is 10.2. The van der Waals surface area contributed by atoms with Crippen LogP contribution in [-0.2, 0) is 28.9 Å². The number of aliphatic hydroxyl groups excluding tert-OH is 2. The lowest BCUT2D eigenvalue weighted by Gasteiger charge is -2.50. The molecule has 4 atom stereocenters. The first-order valence-corrected chi connectivity index (χ1v) is 18.5. The molecule has 1 aromatic heterocycles. The SMILES string of the molecule is CCCCCCCCCCCCCCCCCCCCCc1ccc2c(c1)CO[C@]1(C2)[C@H](O)CO[C@@H](n2ccc(=O)[nH]c2=O)[C@@H]1O. The number of H-pyrrole nitrogens is 1. The van der Waals surface area contributed by atoms with E-state index in [0.717, 1.165) is 22.1 Å². The van der Waals surface area contributed by atoms with E-state index in [1.54, 1.807) is 0 Å². The minimum Gasteiger partial charge on any atom is -0.388 e. The fourth-order valence-electron chi connectivity index (χ4n) is 7.23. The fourth-order valence-corrected chi connectivity index (χ4v) is 7.23. The summed E-state index contributed by atoms with van der Waals surface area (Å²) >= 11 is 0. The molecule has 0 bridgehead atoms. The van der Waals surface area contributed by atoms with Gasteiger partial charge in [-0.1, -0.05) is 141 Å². The number of hydrogen-bond donors (Lipinski definition) is 3. The summed E-state index contributed by atoms with van der Waals surface area (Å²) in [4.78, 5) is 26.1. The van der Waals surface area contributed by atoms with Crippen LogP contribution < -0.4 is 11.2 Å². The average molecular weight is 641 g/mol. The van der Waals surface area contributed by atoms with E-state index in [0.29, 0.717) is 6.42 Å². The van der Waals surface area contributed by atoms with Crippen LogP contribution in [0.15, 0.2) is 40.1 Å². The van der Waals surface area contributed by atoms with Crippen molar-refractivity contribution in [3.8, 4) is 0 Å². The Kier molecular flexibility index (Phi) is 15.5. The fraction of sp³-hybridized carbons (Fsp3) is 0.737. The maximum Gasteiger partial charge on any atom is 0.330 e. The van der Waals surface area contributed by atoms with E-state index in [9.17, 15) is 19.8 Å². The molecule has 0 aliphatic carbocycles.